The van der Waals surface area contributed by atoms with E-state index in [1.807, 2.05) is 0 Å². The first-order valence-electron chi connectivity index (χ1n) is 8.06. The lowest BCUT2D eigenvalue weighted by Crippen LogP contribution is -2.18. The van der Waals surface area contributed by atoms with Gasteiger partial charge in [0.15, 0.2) is 0 Å². The average molecular weight is 394 g/mol. The van der Waals surface area contributed by atoms with E-state index in [1.165, 1.54) is 51.4 Å². The molecule has 0 radical (unpaired) electrons. The summed E-state index contributed by atoms with van der Waals surface area (Å²) >= 11 is 2.15. The van der Waals surface area contributed by atoms with Crippen LogP contribution in [0.1, 0.15) is 77.0 Å². The van der Waals surface area contributed by atoms with Crippen LogP contribution in [0.3, 0.4) is 0 Å². The van der Waals surface area contributed by atoms with Crippen molar-refractivity contribution in [3.05, 3.63) is 0 Å². The number of aliphatic hydroxyl groups excluding tert-OH is 2. The Balaban J connectivity index is 3.15. The van der Waals surface area contributed by atoms with Crippen molar-refractivity contribution < 1.29 is 10.2 Å². The topological polar surface area (TPSA) is 40.5 Å². The van der Waals surface area contributed by atoms with E-state index < -0.39 is 0 Å². The molecule has 0 spiro atoms. The van der Waals surface area contributed by atoms with Crippen LogP contribution in [-0.2, 0) is 0 Å². The molecule has 0 aliphatic carbocycles. The van der Waals surface area contributed by atoms with Crippen LogP contribution in [0.2, 0.25) is 0 Å². The van der Waals surface area contributed by atoms with Gasteiger partial charge in [0.25, 0.3) is 0 Å². The molecule has 2 N–H and O–H groups in total. The fourth-order valence-electron chi connectivity index (χ4n) is 2.34. The van der Waals surface area contributed by atoms with Crippen LogP contribution in [0, 0.1) is 12.3 Å². The summed E-state index contributed by atoms with van der Waals surface area (Å²) < 4.78 is 0.705. The second-order valence-electron chi connectivity index (χ2n) is 5.62. The smallest absolute Gasteiger partial charge is 0.0654 e. The zero-order chi connectivity index (χ0) is 15.1. The molecule has 20 heavy (non-hydrogen) atoms. The highest BCUT2D eigenvalue weighted by Crippen LogP contribution is 2.13. The van der Waals surface area contributed by atoms with E-state index in [9.17, 15) is 10.2 Å². The number of hydrogen-bond acceptors (Lipinski definition) is 2. The molecule has 0 rings (SSSR count). The molecule has 3 heteroatoms. The molecule has 0 aromatic carbocycles. The van der Waals surface area contributed by atoms with Gasteiger partial charge in [-0.25, -0.2) is 0 Å². The molecule has 0 aliphatic rings. The first-order chi connectivity index (χ1) is 9.70. The molecule has 0 heterocycles. The molecule has 0 amide bonds. The Kier molecular flexibility index (Phi) is 15.8. The largest absolute Gasteiger partial charge is 0.393 e. The van der Waals surface area contributed by atoms with E-state index in [1.54, 1.807) is 0 Å². The number of rotatable bonds is 14. The lowest BCUT2D eigenvalue weighted by Gasteiger charge is -2.13. The number of halogens is 1. The number of unbranched alkanes of at least 4 members (excludes halogenated alkanes) is 9. The predicted molar refractivity (Wildman–Crippen MR) is 95.1 cm³/mol. The van der Waals surface area contributed by atoms with E-state index in [0.29, 0.717) is 10.8 Å². The molecule has 2 unspecified atom stereocenters. The Morgan fingerprint density at radius 3 is 1.80 bits per heavy atom. The summed E-state index contributed by atoms with van der Waals surface area (Å²) in [6.45, 7) is 0. The van der Waals surface area contributed by atoms with E-state index in [-0.39, 0.29) is 12.2 Å². The highest BCUT2D eigenvalue weighted by molar-refractivity contribution is 14.1. The van der Waals surface area contributed by atoms with Gasteiger partial charge in [-0.2, -0.15) is 0 Å². The molecule has 0 saturated heterocycles. The van der Waals surface area contributed by atoms with Crippen LogP contribution >= 0.6 is 22.6 Å². The summed E-state index contributed by atoms with van der Waals surface area (Å²) in [4.78, 5) is 0. The minimum atomic E-state index is -0.347. The van der Waals surface area contributed by atoms with Gasteiger partial charge in [-0.15, -0.1) is 12.3 Å². The highest BCUT2D eigenvalue weighted by Gasteiger charge is 2.09. The quantitative estimate of drug-likeness (QED) is 0.198. The van der Waals surface area contributed by atoms with E-state index >= 15 is 0 Å². The van der Waals surface area contributed by atoms with Crippen LogP contribution in [0.5, 0.6) is 0 Å². The number of hydrogen-bond donors (Lipinski definition) is 2. The van der Waals surface area contributed by atoms with Crippen LogP contribution in [-0.4, -0.2) is 26.8 Å². The Morgan fingerprint density at radius 2 is 1.30 bits per heavy atom. The van der Waals surface area contributed by atoms with Gasteiger partial charge in [0.1, 0.15) is 0 Å². The molecule has 2 atom stereocenters. The van der Waals surface area contributed by atoms with Gasteiger partial charge in [-0.05, 0) is 19.3 Å². The van der Waals surface area contributed by atoms with Gasteiger partial charge in [0.05, 0.1) is 12.2 Å². The molecule has 2 nitrogen and oxygen atoms in total. The first kappa shape index (κ1) is 20.2. The van der Waals surface area contributed by atoms with Gasteiger partial charge >= 0.3 is 0 Å². The van der Waals surface area contributed by atoms with Crippen molar-refractivity contribution in [2.24, 2.45) is 0 Å². The molecule has 0 aliphatic heterocycles. The molecular formula is C17H31IO2. The van der Waals surface area contributed by atoms with E-state index in [2.05, 4.69) is 28.5 Å². The summed E-state index contributed by atoms with van der Waals surface area (Å²) in [5, 5.41) is 19.1. The Labute approximate surface area is 138 Å². The minimum Gasteiger partial charge on any atom is -0.393 e. The minimum absolute atomic E-state index is 0.323. The van der Waals surface area contributed by atoms with Crippen molar-refractivity contribution >= 4 is 22.6 Å². The number of alkyl halides is 1. The maximum Gasteiger partial charge on any atom is 0.0654 e. The van der Waals surface area contributed by atoms with Crippen molar-refractivity contribution in [1.29, 1.82) is 0 Å². The van der Waals surface area contributed by atoms with Crippen molar-refractivity contribution in [3.63, 3.8) is 0 Å². The maximum absolute atomic E-state index is 9.72. The molecule has 0 fully saturated rings. The normalized spacial score (nSPS) is 13.9. The first-order valence-corrected chi connectivity index (χ1v) is 9.58. The Hall–Kier alpha value is 0.210. The Morgan fingerprint density at radius 1 is 0.800 bits per heavy atom. The lowest BCUT2D eigenvalue weighted by atomic mass is 10.0. The van der Waals surface area contributed by atoms with Crippen molar-refractivity contribution in [1.82, 2.24) is 0 Å². The molecule has 118 valence electrons. The summed E-state index contributed by atoms with van der Waals surface area (Å²) in [6, 6.07) is 0. The second kappa shape index (κ2) is 15.6. The van der Waals surface area contributed by atoms with Gasteiger partial charge in [-0.3, -0.25) is 0 Å². The number of terminal acetylenes is 1. The summed E-state index contributed by atoms with van der Waals surface area (Å²) in [6.07, 6.45) is 18.1. The van der Waals surface area contributed by atoms with E-state index in [4.69, 9.17) is 6.42 Å². The summed E-state index contributed by atoms with van der Waals surface area (Å²) in [5.74, 6) is 2.68. The lowest BCUT2D eigenvalue weighted by molar-refractivity contribution is 0.0868. The van der Waals surface area contributed by atoms with Gasteiger partial charge in [-0.1, -0.05) is 74.0 Å². The van der Waals surface area contributed by atoms with Crippen LogP contribution in [0.25, 0.3) is 0 Å². The maximum atomic E-state index is 9.72. The fourth-order valence-corrected chi connectivity index (χ4v) is 2.70. The monoisotopic (exact) mass is 394 g/mol. The van der Waals surface area contributed by atoms with Gasteiger partial charge in [0.2, 0.25) is 0 Å². The van der Waals surface area contributed by atoms with Crippen LogP contribution < -0.4 is 0 Å². The third-order valence-electron chi connectivity index (χ3n) is 3.58. The standard InChI is InChI=1S/C17H31IO2/c1-2-3-4-5-6-7-8-9-10-11-12-13-16(19)14-17(20)15-18/h1,16-17,19-20H,3-15H2. The molecule has 0 saturated carbocycles. The zero-order valence-corrected chi connectivity index (χ0v) is 14.9. The zero-order valence-electron chi connectivity index (χ0n) is 12.7. The predicted octanol–water partition coefficient (Wildman–Crippen LogP) is 4.46. The van der Waals surface area contributed by atoms with Gasteiger partial charge in [0, 0.05) is 10.8 Å². The Bertz CT molecular complexity index is 238. The fraction of sp³-hybridized carbons (Fsp3) is 0.882. The summed E-state index contributed by atoms with van der Waals surface area (Å²) in [5.41, 5.74) is 0. The SMILES string of the molecule is C#CCCCCCCCCCCCC(O)CC(O)CI. The van der Waals surface area contributed by atoms with Crippen molar-refractivity contribution in [2.45, 2.75) is 89.3 Å². The van der Waals surface area contributed by atoms with Crippen molar-refractivity contribution in [3.8, 4) is 12.3 Å². The van der Waals surface area contributed by atoms with Crippen LogP contribution in [0.15, 0.2) is 0 Å². The van der Waals surface area contributed by atoms with Crippen molar-refractivity contribution in [2.75, 3.05) is 4.43 Å². The third kappa shape index (κ3) is 14.6. The van der Waals surface area contributed by atoms with E-state index in [0.717, 1.165) is 19.3 Å². The molecular weight excluding hydrogens is 363 g/mol. The van der Waals surface area contributed by atoms with Gasteiger partial charge < -0.3 is 10.2 Å². The molecule has 0 aromatic rings. The third-order valence-corrected chi connectivity index (χ3v) is 4.60. The van der Waals surface area contributed by atoms with Crippen LogP contribution in [0.4, 0.5) is 0 Å². The summed E-state index contributed by atoms with van der Waals surface area (Å²) in [7, 11) is 0. The molecule has 0 bridgehead atoms. The average Bonchev–Trinajstić information content (AvgIpc) is 2.44. The highest BCUT2D eigenvalue weighted by atomic mass is 127. The number of aliphatic hydroxyl groups is 2. The molecule has 0 aromatic heterocycles. The second-order valence-corrected chi connectivity index (χ2v) is 6.50.